The van der Waals surface area contributed by atoms with Gasteiger partial charge in [-0.05, 0) is 38.5 Å². The topological polar surface area (TPSA) is 43.9 Å². The van der Waals surface area contributed by atoms with Crippen LogP contribution in [0.5, 0.6) is 0 Å². The van der Waals surface area contributed by atoms with Crippen LogP contribution in [0.15, 0.2) is 53.4 Å². The minimum absolute atomic E-state index is 0.0690. The van der Waals surface area contributed by atoms with E-state index in [1.807, 2.05) is 36.1 Å². The average molecular weight is 424 g/mol. The van der Waals surface area contributed by atoms with E-state index in [0.717, 1.165) is 30.2 Å². The Labute approximate surface area is 183 Å². The Morgan fingerprint density at radius 1 is 1.03 bits per heavy atom. The van der Waals surface area contributed by atoms with Crippen LogP contribution in [-0.4, -0.2) is 59.1 Å². The first-order valence-corrected chi connectivity index (χ1v) is 11.4. The molecule has 1 unspecified atom stereocenters. The Kier molecular flexibility index (Phi) is 5.89. The minimum Gasteiger partial charge on any atom is -0.338 e. The molecule has 2 heterocycles. The van der Waals surface area contributed by atoms with Crippen molar-refractivity contribution in [1.82, 2.24) is 9.80 Å². The van der Waals surface area contributed by atoms with Gasteiger partial charge in [0.25, 0.3) is 5.91 Å². The van der Waals surface area contributed by atoms with Gasteiger partial charge in [0.05, 0.1) is 5.69 Å². The van der Waals surface area contributed by atoms with Crippen LogP contribution in [0.4, 0.5) is 5.69 Å². The highest BCUT2D eigenvalue weighted by Gasteiger charge is 2.50. The lowest BCUT2D eigenvalue weighted by Gasteiger charge is -2.43. The standard InChI is InChI=1S/C24H29N3O2S/c1-4-27-20-7-5-6-8-21(20)30-24(3,23(27)29)22(28)26-15-13-25(14-16-26)17-19-11-9-18(2)10-12-19/h5-12H,4,13-17H2,1-3H3. The van der Waals surface area contributed by atoms with Gasteiger partial charge < -0.3 is 9.80 Å². The van der Waals surface area contributed by atoms with Gasteiger partial charge in [-0.1, -0.05) is 53.7 Å². The number of carbonyl (C=O) groups excluding carboxylic acids is 2. The monoisotopic (exact) mass is 423 g/mol. The van der Waals surface area contributed by atoms with E-state index in [1.165, 1.54) is 22.9 Å². The van der Waals surface area contributed by atoms with Crippen LogP contribution in [0, 0.1) is 6.92 Å². The van der Waals surface area contributed by atoms with Gasteiger partial charge >= 0.3 is 0 Å². The number of para-hydroxylation sites is 1. The fourth-order valence-electron chi connectivity index (χ4n) is 4.21. The van der Waals surface area contributed by atoms with Crippen molar-refractivity contribution >= 4 is 29.3 Å². The van der Waals surface area contributed by atoms with E-state index in [2.05, 4.69) is 36.1 Å². The fraction of sp³-hybridized carbons (Fsp3) is 0.417. The number of anilines is 1. The molecule has 0 bridgehead atoms. The third kappa shape index (κ3) is 3.86. The minimum atomic E-state index is -1.11. The predicted molar refractivity (Wildman–Crippen MR) is 122 cm³/mol. The molecule has 0 radical (unpaired) electrons. The molecule has 0 saturated carbocycles. The molecule has 30 heavy (non-hydrogen) atoms. The number of hydrogen-bond acceptors (Lipinski definition) is 4. The lowest BCUT2D eigenvalue weighted by molar-refractivity contribution is -0.139. The molecule has 2 aliphatic heterocycles. The second-order valence-electron chi connectivity index (χ2n) is 8.21. The summed E-state index contributed by atoms with van der Waals surface area (Å²) >= 11 is 1.40. The molecular weight excluding hydrogens is 394 g/mol. The van der Waals surface area contributed by atoms with Crippen LogP contribution in [0.25, 0.3) is 0 Å². The predicted octanol–water partition coefficient (Wildman–Crippen LogP) is 3.56. The van der Waals surface area contributed by atoms with Crippen molar-refractivity contribution in [2.45, 2.75) is 37.0 Å². The SMILES string of the molecule is CCN1C(=O)C(C)(C(=O)N2CCN(Cc3ccc(C)cc3)CC2)Sc2ccccc21. The highest BCUT2D eigenvalue weighted by Crippen LogP contribution is 2.46. The number of amides is 2. The third-order valence-corrected chi connectivity index (χ3v) is 7.36. The first kappa shape index (κ1) is 20.9. The maximum Gasteiger partial charge on any atom is 0.252 e. The zero-order valence-corrected chi connectivity index (χ0v) is 18.7. The number of thioether (sulfide) groups is 1. The zero-order chi connectivity index (χ0) is 21.3. The van der Waals surface area contributed by atoms with Gasteiger partial charge in [0.15, 0.2) is 4.75 Å². The van der Waals surface area contributed by atoms with Crippen molar-refractivity contribution in [2.24, 2.45) is 0 Å². The summed E-state index contributed by atoms with van der Waals surface area (Å²) in [7, 11) is 0. The van der Waals surface area contributed by atoms with Crippen LogP contribution in [-0.2, 0) is 16.1 Å². The molecule has 1 atom stereocenters. The number of aryl methyl sites for hydroxylation is 1. The van der Waals surface area contributed by atoms with E-state index < -0.39 is 4.75 Å². The smallest absolute Gasteiger partial charge is 0.252 e. The van der Waals surface area contributed by atoms with Crippen LogP contribution >= 0.6 is 11.8 Å². The van der Waals surface area contributed by atoms with Crippen molar-refractivity contribution in [3.8, 4) is 0 Å². The quantitative estimate of drug-likeness (QED) is 0.706. The first-order valence-electron chi connectivity index (χ1n) is 10.6. The molecule has 0 N–H and O–H groups in total. The Balaban J connectivity index is 1.44. The van der Waals surface area contributed by atoms with Gasteiger partial charge in [-0.15, -0.1) is 0 Å². The summed E-state index contributed by atoms with van der Waals surface area (Å²) in [6.07, 6.45) is 0. The number of rotatable bonds is 4. The number of carbonyl (C=O) groups is 2. The molecule has 1 fully saturated rings. The van der Waals surface area contributed by atoms with Gasteiger partial charge in [0.1, 0.15) is 0 Å². The van der Waals surface area contributed by atoms with E-state index in [4.69, 9.17) is 0 Å². The van der Waals surface area contributed by atoms with E-state index in [-0.39, 0.29) is 11.8 Å². The van der Waals surface area contributed by atoms with Gasteiger partial charge in [-0.25, -0.2) is 0 Å². The highest BCUT2D eigenvalue weighted by atomic mass is 32.2. The summed E-state index contributed by atoms with van der Waals surface area (Å²) in [5, 5.41) is 0. The van der Waals surface area contributed by atoms with Crippen molar-refractivity contribution in [1.29, 1.82) is 0 Å². The number of nitrogens with zero attached hydrogens (tertiary/aromatic N) is 3. The van der Waals surface area contributed by atoms with E-state index >= 15 is 0 Å². The first-order chi connectivity index (χ1) is 14.4. The summed E-state index contributed by atoms with van der Waals surface area (Å²) in [6.45, 7) is 10.2. The fourth-order valence-corrected chi connectivity index (χ4v) is 5.49. The largest absolute Gasteiger partial charge is 0.338 e. The normalized spacial score (nSPS) is 22.2. The van der Waals surface area contributed by atoms with Crippen molar-refractivity contribution < 1.29 is 9.59 Å². The second-order valence-corrected chi connectivity index (χ2v) is 9.67. The Morgan fingerprint density at radius 2 is 1.70 bits per heavy atom. The zero-order valence-electron chi connectivity index (χ0n) is 17.9. The molecule has 0 aromatic heterocycles. The molecule has 2 aromatic rings. The average Bonchev–Trinajstić information content (AvgIpc) is 2.76. The maximum atomic E-state index is 13.5. The van der Waals surface area contributed by atoms with Gasteiger partial charge in [-0.2, -0.15) is 0 Å². The summed E-state index contributed by atoms with van der Waals surface area (Å²) in [6, 6.07) is 16.5. The Morgan fingerprint density at radius 3 is 2.37 bits per heavy atom. The number of hydrogen-bond donors (Lipinski definition) is 0. The number of benzene rings is 2. The molecular formula is C24H29N3O2S. The number of piperazine rings is 1. The second kappa shape index (κ2) is 8.44. The molecule has 0 aliphatic carbocycles. The van der Waals surface area contributed by atoms with Crippen LogP contribution in [0.1, 0.15) is 25.0 Å². The number of fused-ring (bicyclic) bond motifs is 1. The van der Waals surface area contributed by atoms with E-state index in [9.17, 15) is 9.59 Å². The van der Waals surface area contributed by atoms with Crippen LogP contribution in [0.2, 0.25) is 0 Å². The summed E-state index contributed by atoms with van der Waals surface area (Å²) in [5.74, 6) is -0.179. The molecule has 2 aliphatic rings. The molecule has 1 saturated heterocycles. The molecule has 4 rings (SSSR count). The summed E-state index contributed by atoms with van der Waals surface area (Å²) < 4.78 is -1.11. The lowest BCUT2D eigenvalue weighted by atomic mass is 10.0. The summed E-state index contributed by atoms with van der Waals surface area (Å²) in [4.78, 5) is 33.8. The molecule has 0 spiro atoms. The Hall–Kier alpha value is -2.31. The van der Waals surface area contributed by atoms with Crippen LogP contribution < -0.4 is 4.90 Å². The van der Waals surface area contributed by atoms with Gasteiger partial charge in [0.2, 0.25) is 5.91 Å². The molecule has 2 aromatic carbocycles. The van der Waals surface area contributed by atoms with Crippen molar-refractivity contribution in [3.63, 3.8) is 0 Å². The molecule has 5 nitrogen and oxygen atoms in total. The highest BCUT2D eigenvalue weighted by molar-refractivity contribution is 8.02. The van der Waals surface area contributed by atoms with Gasteiger partial charge in [0, 0.05) is 44.2 Å². The van der Waals surface area contributed by atoms with Crippen LogP contribution in [0.3, 0.4) is 0 Å². The molecule has 6 heteroatoms. The lowest BCUT2D eigenvalue weighted by Crippen LogP contribution is -2.60. The van der Waals surface area contributed by atoms with E-state index in [0.29, 0.717) is 19.6 Å². The van der Waals surface area contributed by atoms with Gasteiger partial charge in [-0.3, -0.25) is 14.5 Å². The van der Waals surface area contributed by atoms with Crippen molar-refractivity contribution in [2.75, 3.05) is 37.6 Å². The molecule has 2 amide bonds. The summed E-state index contributed by atoms with van der Waals surface area (Å²) in [5.41, 5.74) is 3.46. The van der Waals surface area contributed by atoms with E-state index in [1.54, 1.807) is 11.8 Å². The Bertz CT molecular complexity index is 938. The third-order valence-electron chi connectivity index (χ3n) is 6.03. The van der Waals surface area contributed by atoms with Crippen molar-refractivity contribution in [3.05, 3.63) is 59.7 Å². The maximum absolute atomic E-state index is 13.5. The molecule has 158 valence electrons.